The lowest BCUT2D eigenvalue weighted by Crippen LogP contribution is -2.26. The van der Waals surface area contributed by atoms with Gasteiger partial charge in [-0.15, -0.1) is 0 Å². The Kier molecular flexibility index (Phi) is 5.52. The van der Waals surface area contributed by atoms with E-state index in [1.165, 1.54) is 12.1 Å². The van der Waals surface area contributed by atoms with Gasteiger partial charge in [0, 0.05) is 5.69 Å². The molecule has 2 aromatic carbocycles. The Morgan fingerprint density at radius 3 is 2.08 bits per heavy atom. The lowest BCUT2D eigenvalue weighted by molar-refractivity contribution is -0.156. The molecule has 134 valence electrons. The molecular weight excluding hydrogens is 338 g/mol. The molecule has 6 heteroatoms. The highest BCUT2D eigenvalue weighted by atomic mass is 32.2. The number of rotatable bonds is 5. The molecule has 0 saturated heterocycles. The normalized spacial score (nSPS) is 13.1. The largest absolute Gasteiger partial charge is 0.460 e. The summed E-state index contributed by atoms with van der Waals surface area (Å²) in [4.78, 5) is 12.3. The van der Waals surface area contributed by atoms with E-state index in [1.54, 1.807) is 49.4 Å². The minimum Gasteiger partial charge on any atom is -0.460 e. The average molecular weight is 361 g/mol. The molecular formula is C19H23NO4S. The molecule has 0 unspecified atom stereocenters. The van der Waals surface area contributed by atoms with Crippen molar-refractivity contribution >= 4 is 21.7 Å². The highest BCUT2D eigenvalue weighted by Crippen LogP contribution is 2.23. The van der Waals surface area contributed by atoms with Crippen LogP contribution in [-0.2, 0) is 19.6 Å². The zero-order valence-electron chi connectivity index (χ0n) is 14.8. The fourth-order valence-electron chi connectivity index (χ4n) is 2.18. The first-order chi connectivity index (χ1) is 11.6. The molecule has 0 radical (unpaired) electrons. The van der Waals surface area contributed by atoms with E-state index in [1.807, 2.05) is 20.8 Å². The summed E-state index contributed by atoms with van der Waals surface area (Å²) in [7, 11) is -3.63. The van der Waals surface area contributed by atoms with Crippen LogP contribution in [0.5, 0.6) is 0 Å². The van der Waals surface area contributed by atoms with Gasteiger partial charge in [0.1, 0.15) is 5.60 Å². The summed E-state index contributed by atoms with van der Waals surface area (Å²) in [5.74, 6) is -0.746. The van der Waals surface area contributed by atoms with Gasteiger partial charge in [-0.1, -0.05) is 30.3 Å². The van der Waals surface area contributed by atoms with Crippen LogP contribution in [0.15, 0.2) is 59.5 Å². The van der Waals surface area contributed by atoms with Crippen molar-refractivity contribution in [3.63, 3.8) is 0 Å². The number of esters is 1. The van der Waals surface area contributed by atoms with Crippen molar-refractivity contribution in [2.75, 3.05) is 4.72 Å². The Labute approximate surface area is 149 Å². The molecule has 25 heavy (non-hydrogen) atoms. The van der Waals surface area contributed by atoms with Crippen molar-refractivity contribution in [2.45, 2.75) is 44.1 Å². The van der Waals surface area contributed by atoms with Crippen molar-refractivity contribution in [1.29, 1.82) is 0 Å². The van der Waals surface area contributed by atoms with E-state index in [0.717, 1.165) is 5.56 Å². The molecule has 2 rings (SSSR count). The maximum Gasteiger partial charge on any atom is 0.313 e. The van der Waals surface area contributed by atoms with Crippen LogP contribution in [0, 0.1) is 0 Å². The number of benzene rings is 2. The minimum absolute atomic E-state index is 0.196. The van der Waals surface area contributed by atoms with Gasteiger partial charge in [0.25, 0.3) is 10.0 Å². The second-order valence-electron chi connectivity index (χ2n) is 6.80. The molecule has 0 amide bonds. The van der Waals surface area contributed by atoms with Gasteiger partial charge in [0.15, 0.2) is 0 Å². The molecule has 2 aromatic rings. The number of hydrogen-bond donors (Lipinski definition) is 1. The van der Waals surface area contributed by atoms with Crippen molar-refractivity contribution in [2.24, 2.45) is 0 Å². The van der Waals surface area contributed by atoms with Gasteiger partial charge in [-0.3, -0.25) is 9.52 Å². The number of anilines is 1. The molecule has 0 aliphatic heterocycles. The van der Waals surface area contributed by atoms with Crippen molar-refractivity contribution in [1.82, 2.24) is 0 Å². The summed E-state index contributed by atoms with van der Waals surface area (Å²) in [6.07, 6.45) is 0. The van der Waals surface area contributed by atoms with E-state index in [-0.39, 0.29) is 10.9 Å². The van der Waals surface area contributed by atoms with Crippen LogP contribution < -0.4 is 4.72 Å². The fourth-order valence-corrected chi connectivity index (χ4v) is 3.26. The molecule has 0 bridgehead atoms. The molecule has 1 N–H and O–H groups in total. The summed E-state index contributed by atoms with van der Waals surface area (Å²) in [6, 6.07) is 14.9. The lowest BCUT2D eigenvalue weighted by atomic mass is 10.0. The third kappa shape index (κ3) is 5.32. The number of ether oxygens (including phenoxy) is 1. The van der Waals surface area contributed by atoms with Gasteiger partial charge < -0.3 is 4.74 Å². The van der Waals surface area contributed by atoms with Crippen molar-refractivity contribution in [3.05, 3.63) is 60.2 Å². The van der Waals surface area contributed by atoms with Crippen LogP contribution in [0.1, 0.15) is 39.2 Å². The Morgan fingerprint density at radius 2 is 1.56 bits per heavy atom. The molecule has 0 heterocycles. The molecule has 0 aliphatic carbocycles. The van der Waals surface area contributed by atoms with Crippen LogP contribution in [-0.4, -0.2) is 20.0 Å². The van der Waals surface area contributed by atoms with E-state index in [4.69, 9.17) is 4.74 Å². The quantitative estimate of drug-likeness (QED) is 0.819. The van der Waals surface area contributed by atoms with Gasteiger partial charge in [-0.2, -0.15) is 0 Å². The van der Waals surface area contributed by atoms with Crippen molar-refractivity contribution in [3.8, 4) is 0 Å². The highest BCUT2D eigenvalue weighted by Gasteiger charge is 2.23. The third-order valence-electron chi connectivity index (χ3n) is 3.48. The molecule has 5 nitrogen and oxygen atoms in total. The van der Waals surface area contributed by atoms with E-state index in [0.29, 0.717) is 5.69 Å². The minimum atomic E-state index is -3.63. The number of sulfonamides is 1. The summed E-state index contributed by atoms with van der Waals surface area (Å²) in [5.41, 5.74) is 0.650. The van der Waals surface area contributed by atoms with Crippen molar-refractivity contribution < 1.29 is 17.9 Å². The van der Waals surface area contributed by atoms with E-state index in [9.17, 15) is 13.2 Å². The molecule has 1 atom stereocenters. The number of carbonyl (C=O) groups is 1. The Bertz CT molecular complexity index is 822. The summed E-state index contributed by atoms with van der Waals surface area (Å²) >= 11 is 0. The van der Waals surface area contributed by atoms with Gasteiger partial charge in [-0.05, 0) is 57.5 Å². The van der Waals surface area contributed by atoms with Crippen LogP contribution in [0.4, 0.5) is 5.69 Å². The monoisotopic (exact) mass is 361 g/mol. The molecule has 0 aromatic heterocycles. The lowest BCUT2D eigenvalue weighted by Gasteiger charge is -2.22. The predicted octanol–water partition coefficient (Wildman–Crippen LogP) is 3.93. The van der Waals surface area contributed by atoms with E-state index >= 15 is 0 Å². The van der Waals surface area contributed by atoms with Gasteiger partial charge in [0.2, 0.25) is 0 Å². The molecule has 0 saturated carbocycles. The first kappa shape index (κ1) is 19.0. The standard InChI is InChI=1S/C19H23NO4S/c1-14(18(21)24-19(2,3)4)15-10-12-16(13-11-15)20-25(22,23)17-8-6-5-7-9-17/h5-14,20H,1-4H3/t14-/m1/s1. The maximum atomic E-state index is 12.3. The van der Waals surface area contributed by atoms with Gasteiger partial charge >= 0.3 is 5.97 Å². The van der Waals surface area contributed by atoms with E-state index in [2.05, 4.69) is 4.72 Å². The zero-order valence-corrected chi connectivity index (χ0v) is 15.6. The molecule has 0 spiro atoms. The van der Waals surface area contributed by atoms with Crippen LogP contribution in [0.25, 0.3) is 0 Å². The predicted molar refractivity (Wildman–Crippen MR) is 98.0 cm³/mol. The second-order valence-corrected chi connectivity index (χ2v) is 8.48. The number of carbonyl (C=O) groups excluding carboxylic acids is 1. The zero-order chi connectivity index (χ0) is 18.7. The summed E-state index contributed by atoms with van der Waals surface area (Å²) in [6.45, 7) is 7.22. The van der Waals surface area contributed by atoms with E-state index < -0.39 is 21.5 Å². The topological polar surface area (TPSA) is 72.5 Å². The first-order valence-electron chi connectivity index (χ1n) is 7.99. The van der Waals surface area contributed by atoms with Crippen LogP contribution in [0.3, 0.4) is 0 Å². The SMILES string of the molecule is C[C@@H](C(=O)OC(C)(C)C)c1ccc(NS(=O)(=O)c2ccccc2)cc1. The average Bonchev–Trinajstić information content (AvgIpc) is 2.54. The fraction of sp³-hybridized carbons (Fsp3) is 0.316. The first-order valence-corrected chi connectivity index (χ1v) is 9.47. The maximum absolute atomic E-state index is 12.3. The molecule has 0 aliphatic rings. The van der Waals surface area contributed by atoms with Crippen LogP contribution in [0.2, 0.25) is 0 Å². The highest BCUT2D eigenvalue weighted by molar-refractivity contribution is 7.92. The molecule has 0 fully saturated rings. The Balaban J connectivity index is 2.11. The smallest absolute Gasteiger partial charge is 0.313 e. The second kappa shape index (κ2) is 7.27. The Hall–Kier alpha value is -2.34. The number of hydrogen-bond acceptors (Lipinski definition) is 4. The third-order valence-corrected chi connectivity index (χ3v) is 4.87. The Morgan fingerprint density at radius 1 is 1.00 bits per heavy atom. The van der Waals surface area contributed by atoms with Gasteiger partial charge in [0.05, 0.1) is 10.8 Å². The summed E-state index contributed by atoms with van der Waals surface area (Å²) < 4.78 is 32.5. The number of nitrogens with one attached hydrogen (secondary N) is 1. The van der Waals surface area contributed by atoms with Crippen LogP contribution >= 0.6 is 0 Å². The summed E-state index contributed by atoms with van der Waals surface area (Å²) in [5, 5.41) is 0. The van der Waals surface area contributed by atoms with Gasteiger partial charge in [-0.25, -0.2) is 8.42 Å².